The Kier molecular flexibility index (Phi) is 5.48. The van der Waals surface area contributed by atoms with Crippen molar-refractivity contribution in [2.45, 2.75) is 19.8 Å². The highest BCUT2D eigenvalue weighted by atomic mass is 32.1. The Morgan fingerprint density at radius 2 is 2.12 bits per heavy atom. The Labute approximate surface area is 157 Å². The van der Waals surface area contributed by atoms with Crippen LogP contribution in [0, 0.1) is 0 Å². The van der Waals surface area contributed by atoms with E-state index in [1.54, 1.807) is 5.38 Å². The molecule has 3 heterocycles. The fraction of sp³-hybridized carbons (Fsp3) is 0.294. The molecule has 0 unspecified atom stereocenters. The van der Waals surface area contributed by atoms with Gasteiger partial charge >= 0.3 is 5.97 Å². The highest BCUT2D eigenvalue weighted by Gasteiger charge is 2.28. The molecule has 0 saturated carbocycles. The molecule has 1 N–H and O–H groups in total. The van der Waals surface area contributed by atoms with Crippen LogP contribution in [0.15, 0.2) is 22.9 Å². The predicted octanol–water partition coefficient (Wildman–Crippen LogP) is 2.74. The van der Waals surface area contributed by atoms with Crippen molar-refractivity contribution in [2.24, 2.45) is 0 Å². The molecule has 136 valence electrons. The molecule has 7 nitrogen and oxygen atoms in total. The maximum atomic E-state index is 12.6. The fourth-order valence-electron chi connectivity index (χ4n) is 2.61. The molecule has 1 aliphatic rings. The molecule has 3 rings (SSSR count). The van der Waals surface area contributed by atoms with Gasteiger partial charge in [0.2, 0.25) is 11.8 Å². The number of hydrogen-bond donors (Lipinski definition) is 1. The molecular formula is C17H16N2O5S2. The Morgan fingerprint density at radius 3 is 2.73 bits per heavy atom. The van der Waals surface area contributed by atoms with E-state index in [1.807, 2.05) is 17.5 Å². The van der Waals surface area contributed by atoms with Crippen molar-refractivity contribution in [2.75, 3.05) is 18.5 Å². The van der Waals surface area contributed by atoms with E-state index in [4.69, 9.17) is 4.74 Å². The summed E-state index contributed by atoms with van der Waals surface area (Å²) in [4.78, 5) is 49.6. The van der Waals surface area contributed by atoms with Gasteiger partial charge in [0, 0.05) is 35.7 Å². The van der Waals surface area contributed by atoms with Gasteiger partial charge in [0.05, 0.1) is 0 Å². The number of hydrogen-bond acceptors (Lipinski definition) is 7. The molecule has 0 radical (unpaired) electrons. The Balaban J connectivity index is 1.79. The zero-order valence-electron chi connectivity index (χ0n) is 13.9. The summed E-state index contributed by atoms with van der Waals surface area (Å²) in [5, 5.41) is 6.63. The van der Waals surface area contributed by atoms with Crippen LogP contribution in [0.5, 0.6) is 0 Å². The number of anilines is 1. The van der Waals surface area contributed by atoms with Gasteiger partial charge in [-0.25, -0.2) is 4.79 Å². The smallest absolute Gasteiger partial charge is 0.342 e. The van der Waals surface area contributed by atoms with E-state index in [2.05, 4.69) is 5.32 Å². The molecule has 2 aromatic rings. The SMILES string of the molecule is CC(=O)Nc1scc(-c2cccs2)c1C(=O)OCC(=O)N1CCCC1=O. The number of nitrogens with one attached hydrogen (secondary N) is 1. The van der Waals surface area contributed by atoms with E-state index in [1.165, 1.54) is 29.6 Å². The molecular weight excluding hydrogens is 376 g/mol. The summed E-state index contributed by atoms with van der Waals surface area (Å²) in [5.41, 5.74) is 0.858. The van der Waals surface area contributed by atoms with Crippen molar-refractivity contribution in [3.8, 4) is 10.4 Å². The van der Waals surface area contributed by atoms with E-state index in [9.17, 15) is 19.2 Å². The number of thiophene rings is 2. The van der Waals surface area contributed by atoms with Crippen LogP contribution in [-0.4, -0.2) is 41.7 Å². The number of likely N-dealkylation sites (tertiary alicyclic amines) is 1. The molecule has 9 heteroatoms. The molecule has 2 aromatic heterocycles. The van der Waals surface area contributed by atoms with Gasteiger partial charge in [0.15, 0.2) is 6.61 Å². The number of imide groups is 1. The number of nitrogens with zero attached hydrogens (tertiary/aromatic N) is 1. The lowest BCUT2D eigenvalue weighted by Gasteiger charge is -2.14. The second-order valence-corrected chi connectivity index (χ2v) is 7.46. The lowest BCUT2D eigenvalue weighted by molar-refractivity contribution is -0.143. The Morgan fingerprint density at radius 1 is 1.31 bits per heavy atom. The number of carbonyl (C=O) groups is 4. The first-order valence-corrected chi connectivity index (χ1v) is 9.66. The van der Waals surface area contributed by atoms with E-state index < -0.39 is 18.5 Å². The summed E-state index contributed by atoms with van der Waals surface area (Å²) in [6.45, 7) is 1.19. The lowest BCUT2D eigenvalue weighted by atomic mass is 10.1. The van der Waals surface area contributed by atoms with Crippen molar-refractivity contribution in [1.82, 2.24) is 4.90 Å². The lowest BCUT2D eigenvalue weighted by Crippen LogP contribution is -2.35. The number of carbonyl (C=O) groups excluding carboxylic acids is 4. The second kappa shape index (κ2) is 7.79. The van der Waals surface area contributed by atoms with Crippen LogP contribution < -0.4 is 5.32 Å². The zero-order chi connectivity index (χ0) is 18.7. The van der Waals surface area contributed by atoms with Crippen LogP contribution in [0.4, 0.5) is 5.00 Å². The molecule has 1 aliphatic heterocycles. The summed E-state index contributed by atoms with van der Waals surface area (Å²) in [6, 6.07) is 3.71. The summed E-state index contributed by atoms with van der Waals surface area (Å²) in [6.07, 6.45) is 0.956. The highest BCUT2D eigenvalue weighted by molar-refractivity contribution is 7.17. The highest BCUT2D eigenvalue weighted by Crippen LogP contribution is 2.38. The molecule has 0 bridgehead atoms. The van der Waals surface area contributed by atoms with Crippen molar-refractivity contribution in [1.29, 1.82) is 0 Å². The Hall–Kier alpha value is -2.52. The number of ether oxygens (including phenoxy) is 1. The molecule has 26 heavy (non-hydrogen) atoms. The average Bonchev–Trinajstić information content (AvgIpc) is 3.31. The Bertz CT molecular complexity index is 857. The third kappa shape index (κ3) is 3.83. The van der Waals surface area contributed by atoms with Crippen LogP contribution in [0.1, 0.15) is 30.1 Å². The average molecular weight is 392 g/mol. The van der Waals surface area contributed by atoms with Gasteiger partial charge in [-0.2, -0.15) is 0 Å². The quantitative estimate of drug-likeness (QED) is 0.790. The molecule has 1 fully saturated rings. The van der Waals surface area contributed by atoms with Gasteiger partial charge in [-0.3, -0.25) is 19.3 Å². The van der Waals surface area contributed by atoms with E-state index >= 15 is 0 Å². The van der Waals surface area contributed by atoms with Crippen LogP contribution in [0.2, 0.25) is 0 Å². The van der Waals surface area contributed by atoms with E-state index in [0.29, 0.717) is 30.0 Å². The first-order chi connectivity index (χ1) is 12.5. The summed E-state index contributed by atoms with van der Waals surface area (Å²) >= 11 is 2.67. The first kappa shape index (κ1) is 18.3. The summed E-state index contributed by atoms with van der Waals surface area (Å²) in [7, 11) is 0. The number of amides is 3. The molecule has 0 atom stereocenters. The second-order valence-electron chi connectivity index (χ2n) is 5.63. The molecule has 0 spiro atoms. The van der Waals surface area contributed by atoms with Crippen molar-refractivity contribution >= 4 is 51.4 Å². The van der Waals surface area contributed by atoms with Crippen LogP contribution >= 0.6 is 22.7 Å². The van der Waals surface area contributed by atoms with Gasteiger partial charge < -0.3 is 10.1 Å². The van der Waals surface area contributed by atoms with Gasteiger partial charge in [-0.1, -0.05) is 6.07 Å². The van der Waals surface area contributed by atoms with E-state index in [0.717, 1.165) is 9.78 Å². The normalized spacial score (nSPS) is 13.7. The summed E-state index contributed by atoms with van der Waals surface area (Å²) in [5.74, 6) is -1.80. The van der Waals surface area contributed by atoms with Crippen molar-refractivity contribution in [3.63, 3.8) is 0 Å². The fourth-order valence-corrected chi connectivity index (χ4v) is 4.43. The minimum absolute atomic E-state index is 0.216. The minimum atomic E-state index is -0.710. The third-order valence-electron chi connectivity index (χ3n) is 3.77. The maximum Gasteiger partial charge on any atom is 0.342 e. The van der Waals surface area contributed by atoms with Crippen molar-refractivity contribution < 1.29 is 23.9 Å². The third-order valence-corrected chi connectivity index (χ3v) is 5.57. The molecule has 0 aliphatic carbocycles. The monoisotopic (exact) mass is 392 g/mol. The maximum absolute atomic E-state index is 12.6. The largest absolute Gasteiger partial charge is 0.452 e. The van der Waals surface area contributed by atoms with Gasteiger partial charge in [-0.15, -0.1) is 22.7 Å². The first-order valence-electron chi connectivity index (χ1n) is 7.90. The van der Waals surface area contributed by atoms with Gasteiger partial charge in [-0.05, 0) is 17.9 Å². The number of esters is 1. The predicted molar refractivity (Wildman–Crippen MR) is 98.2 cm³/mol. The zero-order valence-corrected chi connectivity index (χ0v) is 15.6. The standard InChI is InChI=1S/C17H16N2O5S2/c1-10(20)18-16-15(11(9-26-16)12-4-3-7-25-12)17(23)24-8-14(22)19-6-2-5-13(19)21/h3-4,7,9H,2,5-6,8H2,1H3,(H,18,20). The van der Waals surface area contributed by atoms with Gasteiger partial charge in [0.25, 0.3) is 5.91 Å². The van der Waals surface area contributed by atoms with Crippen LogP contribution in [0.3, 0.4) is 0 Å². The van der Waals surface area contributed by atoms with Crippen LogP contribution in [0.25, 0.3) is 10.4 Å². The topological polar surface area (TPSA) is 92.8 Å². The van der Waals surface area contributed by atoms with Crippen molar-refractivity contribution in [3.05, 3.63) is 28.5 Å². The molecule has 1 saturated heterocycles. The minimum Gasteiger partial charge on any atom is -0.452 e. The summed E-state index contributed by atoms with van der Waals surface area (Å²) < 4.78 is 5.15. The molecule has 0 aromatic carbocycles. The van der Waals surface area contributed by atoms with Gasteiger partial charge in [0.1, 0.15) is 10.6 Å². The van der Waals surface area contributed by atoms with Crippen LogP contribution in [-0.2, 0) is 19.1 Å². The number of rotatable bonds is 5. The van der Waals surface area contributed by atoms with E-state index in [-0.39, 0.29) is 17.4 Å². The molecule has 3 amide bonds.